The maximum Gasteiger partial charge on any atom is 0.347 e. The normalized spacial score (nSPS) is 10.7. The predicted molar refractivity (Wildman–Crippen MR) is 74.1 cm³/mol. The van der Waals surface area contributed by atoms with Gasteiger partial charge in [0.1, 0.15) is 9.88 Å². The van der Waals surface area contributed by atoms with E-state index in [1.54, 1.807) is 11.3 Å². The number of aryl methyl sites for hydroxylation is 1. The lowest BCUT2D eigenvalue weighted by Crippen LogP contribution is -1.98. The molecule has 0 spiro atoms. The van der Waals surface area contributed by atoms with Gasteiger partial charge in [-0.2, -0.15) is 0 Å². The third kappa shape index (κ3) is 2.75. The first-order chi connectivity index (χ1) is 8.11. The van der Waals surface area contributed by atoms with Crippen LogP contribution in [-0.4, -0.2) is 16.1 Å². The Morgan fingerprint density at radius 2 is 2.35 bits per heavy atom. The first-order valence-corrected chi connectivity index (χ1v) is 7.58. The first kappa shape index (κ1) is 12.7. The summed E-state index contributed by atoms with van der Waals surface area (Å²) in [6.07, 6.45) is 1.61. The molecule has 0 aliphatic heterocycles. The number of nitrogens with zero attached hydrogens (tertiary/aromatic N) is 1. The summed E-state index contributed by atoms with van der Waals surface area (Å²) in [7, 11) is 0. The zero-order chi connectivity index (χ0) is 12.4. The molecular weight excluding hydrogens is 322 g/mol. The van der Waals surface area contributed by atoms with Gasteiger partial charge in [-0.3, -0.25) is 0 Å². The number of carboxylic acids is 1. The molecule has 0 saturated heterocycles. The third-order valence-corrected chi connectivity index (χ3v) is 5.10. The van der Waals surface area contributed by atoms with Gasteiger partial charge < -0.3 is 5.11 Å². The molecule has 17 heavy (non-hydrogen) atoms. The van der Waals surface area contributed by atoms with Gasteiger partial charge in [0.15, 0.2) is 0 Å². The summed E-state index contributed by atoms with van der Waals surface area (Å²) in [6, 6.07) is 1.96. The number of thiophene rings is 1. The van der Waals surface area contributed by atoms with Gasteiger partial charge in [-0.15, -0.1) is 22.7 Å². The van der Waals surface area contributed by atoms with Crippen molar-refractivity contribution in [2.24, 2.45) is 0 Å². The minimum absolute atomic E-state index is 0.367. The molecule has 0 aromatic carbocycles. The van der Waals surface area contributed by atoms with Gasteiger partial charge in [-0.1, -0.05) is 13.3 Å². The molecular formula is C11H10BrNO2S2. The molecule has 3 nitrogen and oxygen atoms in total. The Morgan fingerprint density at radius 3 is 2.88 bits per heavy atom. The molecule has 2 rings (SSSR count). The van der Waals surface area contributed by atoms with Crippen molar-refractivity contribution in [3.05, 3.63) is 26.5 Å². The van der Waals surface area contributed by atoms with E-state index in [2.05, 4.69) is 20.9 Å². The van der Waals surface area contributed by atoms with E-state index in [0.717, 1.165) is 20.8 Å². The number of rotatable bonds is 4. The second kappa shape index (κ2) is 5.29. The van der Waals surface area contributed by atoms with Crippen LogP contribution in [0.1, 0.15) is 28.7 Å². The number of aromatic carboxylic acids is 1. The van der Waals surface area contributed by atoms with Gasteiger partial charge in [-0.25, -0.2) is 9.78 Å². The van der Waals surface area contributed by atoms with Crippen LogP contribution in [0, 0.1) is 0 Å². The van der Waals surface area contributed by atoms with Crippen LogP contribution in [0.3, 0.4) is 0 Å². The van der Waals surface area contributed by atoms with E-state index in [1.165, 1.54) is 11.3 Å². The van der Waals surface area contributed by atoms with Crippen molar-refractivity contribution in [2.75, 3.05) is 0 Å². The van der Waals surface area contributed by atoms with Crippen molar-refractivity contribution in [2.45, 2.75) is 19.8 Å². The Bertz CT molecular complexity index is 547. The maximum absolute atomic E-state index is 11.1. The molecule has 90 valence electrons. The minimum Gasteiger partial charge on any atom is -0.477 e. The highest BCUT2D eigenvalue weighted by Crippen LogP contribution is 2.34. The van der Waals surface area contributed by atoms with Crippen molar-refractivity contribution >= 4 is 44.6 Å². The number of aromatic nitrogens is 1. The zero-order valence-corrected chi connectivity index (χ0v) is 12.3. The van der Waals surface area contributed by atoms with Gasteiger partial charge in [0.2, 0.25) is 0 Å². The average Bonchev–Trinajstić information content (AvgIpc) is 2.85. The van der Waals surface area contributed by atoms with Crippen LogP contribution >= 0.6 is 38.6 Å². The summed E-state index contributed by atoms with van der Waals surface area (Å²) in [6.45, 7) is 2.02. The van der Waals surface area contributed by atoms with Crippen LogP contribution in [0.4, 0.5) is 0 Å². The monoisotopic (exact) mass is 331 g/mol. The number of hydrogen-bond donors (Lipinski definition) is 1. The second-order valence-electron chi connectivity index (χ2n) is 3.48. The van der Waals surface area contributed by atoms with E-state index in [1.807, 2.05) is 18.4 Å². The minimum atomic E-state index is -0.882. The molecule has 2 aromatic heterocycles. The van der Waals surface area contributed by atoms with Gasteiger partial charge >= 0.3 is 5.97 Å². The molecule has 0 unspecified atom stereocenters. The molecule has 0 bridgehead atoms. The molecule has 0 aliphatic carbocycles. The van der Waals surface area contributed by atoms with Gasteiger partial charge in [0.05, 0.1) is 10.6 Å². The van der Waals surface area contributed by atoms with Crippen LogP contribution in [0.25, 0.3) is 9.88 Å². The van der Waals surface area contributed by atoms with E-state index < -0.39 is 5.97 Å². The van der Waals surface area contributed by atoms with Crippen molar-refractivity contribution in [3.63, 3.8) is 0 Å². The number of halogens is 1. The Kier molecular flexibility index (Phi) is 3.96. The van der Waals surface area contributed by atoms with Gasteiger partial charge in [0.25, 0.3) is 0 Å². The van der Waals surface area contributed by atoms with Crippen molar-refractivity contribution in [3.8, 4) is 9.88 Å². The van der Waals surface area contributed by atoms with Crippen molar-refractivity contribution < 1.29 is 9.90 Å². The summed E-state index contributed by atoms with van der Waals surface area (Å²) in [5, 5.41) is 11.9. The summed E-state index contributed by atoms with van der Waals surface area (Å²) in [4.78, 5) is 16.9. The van der Waals surface area contributed by atoms with Crippen LogP contribution in [-0.2, 0) is 6.42 Å². The second-order valence-corrected chi connectivity index (χ2v) is 6.31. The number of hydrogen-bond acceptors (Lipinski definition) is 4. The molecule has 2 aromatic rings. The number of carboxylic acid groups (broad SMARTS) is 1. The largest absolute Gasteiger partial charge is 0.477 e. The fourth-order valence-corrected chi connectivity index (χ4v) is 3.90. The smallest absolute Gasteiger partial charge is 0.347 e. The zero-order valence-electron chi connectivity index (χ0n) is 9.07. The van der Waals surface area contributed by atoms with Crippen LogP contribution in [0.2, 0.25) is 0 Å². The molecule has 6 heteroatoms. The van der Waals surface area contributed by atoms with Gasteiger partial charge in [0, 0.05) is 9.85 Å². The van der Waals surface area contributed by atoms with Crippen molar-refractivity contribution in [1.29, 1.82) is 0 Å². The highest BCUT2D eigenvalue weighted by Gasteiger charge is 2.18. The molecule has 0 atom stereocenters. The number of carbonyl (C=O) groups is 1. The average molecular weight is 332 g/mol. The summed E-state index contributed by atoms with van der Waals surface area (Å²) in [5.41, 5.74) is 0.699. The van der Waals surface area contributed by atoms with Gasteiger partial charge in [-0.05, 0) is 28.4 Å². The summed E-state index contributed by atoms with van der Waals surface area (Å²) in [5.74, 6) is -0.882. The lowest BCUT2D eigenvalue weighted by molar-refractivity contribution is 0.0700. The molecule has 0 radical (unpaired) electrons. The molecule has 2 heterocycles. The maximum atomic E-state index is 11.1. The van der Waals surface area contributed by atoms with E-state index >= 15 is 0 Å². The molecule has 1 N–H and O–H groups in total. The summed E-state index contributed by atoms with van der Waals surface area (Å²) < 4.78 is 1.00. The highest BCUT2D eigenvalue weighted by atomic mass is 79.9. The van der Waals surface area contributed by atoms with Crippen LogP contribution in [0.5, 0.6) is 0 Å². The Morgan fingerprint density at radius 1 is 1.59 bits per heavy atom. The predicted octanol–water partition coefficient (Wildman–Crippen LogP) is 4.28. The Labute approximate surface area is 115 Å². The third-order valence-electron chi connectivity index (χ3n) is 2.16. The fourth-order valence-electron chi connectivity index (χ4n) is 1.46. The molecule has 0 amide bonds. The molecule has 0 saturated carbocycles. The Hall–Kier alpha value is -0.720. The molecule has 0 fully saturated rings. The SMILES string of the molecule is CCCc1nc(-c2cc(Br)cs2)sc1C(=O)O. The van der Waals surface area contributed by atoms with Crippen LogP contribution in [0.15, 0.2) is 15.9 Å². The van der Waals surface area contributed by atoms with E-state index in [4.69, 9.17) is 5.11 Å². The topological polar surface area (TPSA) is 50.2 Å². The van der Waals surface area contributed by atoms with E-state index in [-0.39, 0.29) is 0 Å². The lowest BCUT2D eigenvalue weighted by Gasteiger charge is -1.93. The molecule has 0 aliphatic rings. The number of thiazole rings is 1. The van der Waals surface area contributed by atoms with E-state index in [9.17, 15) is 4.79 Å². The first-order valence-electron chi connectivity index (χ1n) is 5.09. The van der Waals surface area contributed by atoms with E-state index in [0.29, 0.717) is 17.0 Å². The fraction of sp³-hybridized carbons (Fsp3) is 0.273. The Balaban J connectivity index is 2.43. The lowest BCUT2D eigenvalue weighted by atomic mass is 10.2. The quantitative estimate of drug-likeness (QED) is 0.909. The summed E-state index contributed by atoms with van der Waals surface area (Å²) >= 11 is 6.20. The van der Waals surface area contributed by atoms with Crippen LogP contribution < -0.4 is 0 Å². The highest BCUT2D eigenvalue weighted by molar-refractivity contribution is 9.10. The standard InChI is InChI=1S/C11H10BrNO2S2/c1-2-3-7-9(11(14)15)17-10(13-7)8-4-6(12)5-16-8/h4-5H,2-3H2,1H3,(H,14,15). The van der Waals surface area contributed by atoms with Crippen molar-refractivity contribution in [1.82, 2.24) is 4.98 Å².